The molecular weight excluding hydrogens is 590 g/mol. The molecule has 230 valence electrons. The van der Waals surface area contributed by atoms with Gasteiger partial charge in [-0.15, -0.1) is 0 Å². The predicted octanol–water partition coefficient (Wildman–Crippen LogP) is 6.62. The normalized spacial score (nSPS) is 13.9. The Balaban J connectivity index is 1.44. The molecule has 3 N–H and O–H groups in total. The number of carboxylic acid groups (broad SMARTS) is 1. The molecule has 5 aromatic rings. The number of pyridine rings is 1. The van der Waals surface area contributed by atoms with E-state index in [-0.39, 0.29) is 11.6 Å². The average Bonchev–Trinajstić information content (AvgIpc) is 3.62. The van der Waals surface area contributed by atoms with Gasteiger partial charge in [-0.25, -0.2) is 18.7 Å². The summed E-state index contributed by atoms with van der Waals surface area (Å²) in [7, 11) is 1.38. The van der Waals surface area contributed by atoms with Crippen molar-refractivity contribution in [2.75, 3.05) is 19.5 Å². The number of fused-ring (bicyclic) bond motifs is 1. The highest BCUT2D eigenvalue weighted by Gasteiger charge is 2.22. The zero-order valence-electron chi connectivity index (χ0n) is 24.9. The summed E-state index contributed by atoms with van der Waals surface area (Å²) in [6, 6.07) is 21.0. The third-order valence-corrected chi connectivity index (χ3v) is 9.12. The summed E-state index contributed by atoms with van der Waals surface area (Å²) in [6.45, 7) is 0.390. The Morgan fingerprint density at radius 3 is 2.51 bits per heavy atom. The number of aromatic nitrogens is 3. The molecule has 0 amide bonds. The molecule has 10 nitrogen and oxygen atoms in total. The second kappa shape index (κ2) is 13.4. The molecular formula is C34H33N5O5S. The van der Waals surface area contributed by atoms with Crippen LogP contribution in [0, 0.1) is 0 Å². The van der Waals surface area contributed by atoms with Crippen LogP contribution in [0.15, 0.2) is 84.0 Å². The maximum Gasteiger partial charge on any atom is 0.335 e. The van der Waals surface area contributed by atoms with Gasteiger partial charge in [0, 0.05) is 30.0 Å². The first kappa shape index (κ1) is 30.2. The van der Waals surface area contributed by atoms with Crippen LogP contribution in [-0.2, 0) is 17.5 Å². The van der Waals surface area contributed by atoms with Gasteiger partial charge in [0.2, 0.25) is 5.88 Å². The SMILES string of the molecule is COc1ncc(-c2ccc3c(Nc4cc(C(=O)O)cc(C5CCCC5)c4)c(S(=O)NCc4ccccc4)cnc3c2)c(OC)n1. The van der Waals surface area contributed by atoms with E-state index in [1.807, 2.05) is 54.6 Å². The number of rotatable bonds is 11. The third-order valence-electron chi connectivity index (χ3n) is 8.00. The van der Waals surface area contributed by atoms with Gasteiger partial charge in [0.25, 0.3) is 0 Å². The van der Waals surface area contributed by atoms with Crippen molar-refractivity contribution in [1.29, 1.82) is 0 Å². The van der Waals surface area contributed by atoms with Crippen molar-refractivity contribution in [1.82, 2.24) is 19.7 Å². The van der Waals surface area contributed by atoms with Crippen molar-refractivity contribution < 1.29 is 23.6 Å². The molecule has 0 spiro atoms. The Morgan fingerprint density at radius 2 is 1.78 bits per heavy atom. The van der Waals surface area contributed by atoms with Crippen LogP contribution in [0.25, 0.3) is 22.0 Å². The van der Waals surface area contributed by atoms with Gasteiger partial charge in [0.1, 0.15) is 11.0 Å². The summed E-state index contributed by atoms with van der Waals surface area (Å²) in [5.41, 5.74) is 5.43. The van der Waals surface area contributed by atoms with Crippen molar-refractivity contribution >= 4 is 39.2 Å². The average molecular weight is 624 g/mol. The third kappa shape index (κ3) is 6.64. The minimum Gasteiger partial charge on any atom is -0.480 e. The highest BCUT2D eigenvalue weighted by Crippen LogP contribution is 2.39. The first-order valence-electron chi connectivity index (χ1n) is 14.7. The highest BCUT2D eigenvalue weighted by atomic mass is 32.2. The number of methoxy groups -OCH3 is 2. The van der Waals surface area contributed by atoms with E-state index in [0.717, 1.165) is 42.4 Å². The molecule has 1 unspecified atom stereocenters. The summed E-state index contributed by atoms with van der Waals surface area (Å²) < 4.78 is 27.5. The monoisotopic (exact) mass is 623 g/mol. The molecule has 2 heterocycles. The number of aromatic carboxylic acids is 1. The van der Waals surface area contributed by atoms with Crippen molar-refractivity contribution in [2.45, 2.75) is 43.0 Å². The molecule has 1 aliphatic rings. The van der Waals surface area contributed by atoms with Gasteiger partial charge in [-0.3, -0.25) is 4.98 Å². The lowest BCUT2D eigenvalue weighted by Crippen LogP contribution is -2.18. The summed E-state index contributed by atoms with van der Waals surface area (Å²) in [4.78, 5) is 25.8. The van der Waals surface area contributed by atoms with Crippen LogP contribution in [0.5, 0.6) is 11.9 Å². The minimum atomic E-state index is -1.64. The summed E-state index contributed by atoms with van der Waals surface area (Å²) in [6.07, 6.45) is 7.53. The first-order chi connectivity index (χ1) is 21.9. The molecule has 1 aliphatic carbocycles. The number of nitrogens with zero attached hydrogens (tertiary/aromatic N) is 3. The van der Waals surface area contributed by atoms with E-state index in [9.17, 15) is 14.1 Å². The molecule has 2 aromatic heterocycles. The minimum absolute atomic E-state index is 0.191. The fourth-order valence-electron chi connectivity index (χ4n) is 5.72. The van der Waals surface area contributed by atoms with Crippen LogP contribution < -0.4 is 19.5 Å². The fraction of sp³-hybridized carbons (Fsp3) is 0.235. The van der Waals surface area contributed by atoms with E-state index in [0.29, 0.717) is 51.1 Å². The molecule has 0 saturated heterocycles. The van der Waals surface area contributed by atoms with Crippen LogP contribution in [0.4, 0.5) is 11.4 Å². The smallest absolute Gasteiger partial charge is 0.335 e. The van der Waals surface area contributed by atoms with Crippen molar-refractivity contribution in [3.8, 4) is 23.0 Å². The molecule has 11 heteroatoms. The molecule has 0 aliphatic heterocycles. The molecule has 1 saturated carbocycles. The van der Waals surface area contributed by atoms with Crippen molar-refractivity contribution in [3.63, 3.8) is 0 Å². The van der Waals surface area contributed by atoms with Gasteiger partial charge < -0.3 is 19.9 Å². The fourth-order valence-corrected chi connectivity index (χ4v) is 6.67. The number of carboxylic acids is 1. The van der Waals surface area contributed by atoms with Gasteiger partial charge in [-0.1, -0.05) is 55.3 Å². The summed E-state index contributed by atoms with van der Waals surface area (Å²) in [5.74, 6) is -0.331. The van der Waals surface area contributed by atoms with E-state index in [4.69, 9.17) is 9.47 Å². The van der Waals surface area contributed by atoms with Crippen LogP contribution in [-0.4, -0.2) is 44.5 Å². The molecule has 0 bridgehead atoms. The largest absolute Gasteiger partial charge is 0.480 e. The first-order valence-corrected chi connectivity index (χ1v) is 15.8. The quantitative estimate of drug-likeness (QED) is 0.148. The standard InChI is InChI=1S/C34H33N5O5S/c1-43-32-28(19-36-34(39-32)44-2)23-12-13-27-29(17-23)35-20-30(45(42)37-18-21-8-4-3-5-9-21)31(27)38-26-15-24(22-10-6-7-11-22)14-25(16-26)33(40)41/h3-5,8-9,12-17,19-20,22,37H,6-7,10-11,18H2,1-2H3,(H,35,38)(H,40,41). The second-order valence-corrected chi connectivity index (χ2v) is 12.1. The van der Waals surface area contributed by atoms with Crippen molar-refractivity contribution in [2.24, 2.45) is 0 Å². The number of anilines is 2. The number of nitrogens with one attached hydrogen (secondary N) is 2. The van der Waals surface area contributed by atoms with Crippen LogP contribution in [0.3, 0.4) is 0 Å². The zero-order valence-corrected chi connectivity index (χ0v) is 25.8. The molecule has 45 heavy (non-hydrogen) atoms. The Kier molecular flexibility index (Phi) is 8.99. The Labute approximate surface area is 263 Å². The Morgan fingerprint density at radius 1 is 0.978 bits per heavy atom. The lowest BCUT2D eigenvalue weighted by atomic mass is 9.95. The lowest BCUT2D eigenvalue weighted by Gasteiger charge is -2.18. The van der Waals surface area contributed by atoms with Crippen LogP contribution in [0.2, 0.25) is 0 Å². The molecule has 1 atom stereocenters. The molecule has 3 aromatic carbocycles. The number of hydrogen-bond donors (Lipinski definition) is 3. The van der Waals surface area contributed by atoms with Crippen LogP contribution in [0.1, 0.15) is 53.1 Å². The Hall–Kier alpha value is -4.87. The maximum atomic E-state index is 13.7. The lowest BCUT2D eigenvalue weighted by molar-refractivity contribution is 0.0696. The van der Waals surface area contributed by atoms with Gasteiger partial charge in [-0.2, -0.15) is 4.98 Å². The molecule has 6 rings (SSSR count). The van der Waals surface area contributed by atoms with Gasteiger partial charge in [-0.05, 0) is 59.7 Å². The second-order valence-electron chi connectivity index (χ2n) is 10.8. The van der Waals surface area contributed by atoms with E-state index < -0.39 is 17.0 Å². The van der Waals surface area contributed by atoms with E-state index in [1.54, 1.807) is 24.5 Å². The van der Waals surface area contributed by atoms with E-state index >= 15 is 0 Å². The van der Waals surface area contributed by atoms with E-state index in [2.05, 4.69) is 25.0 Å². The Bertz CT molecular complexity index is 1880. The van der Waals surface area contributed by atoms with Gasteiger partial charge in [0.15, 0.2) is 0 Å². The number of ether oxygens (including phenoxy) is 2. The van der Waals surface area contributed by atoms with Crippen LogP contribution >= 0.6 is 0 Å². The maximum absolute atomic E-state index is 13.7. The zero-order chi connectivity index (χ0) is 31.3. The van der Waals surface area contributed by atoms with E-state index in [1.165, 1.54) is 14.2 Å². The number of carbonyl (C=O) groups is 1. The molecule has 0 radical (unpaired) electrons. The summed E-state index contributed by atoms with van der Waals surface area (Å²) >= 11 is 0. The summed E-state index contributed by atoms with van der Waals surface area (Å²) in [5, 5.41) is 14.1. The number of hydrogen-bond acceptors (Lipinski definition) is 8. The predicted molar refractivity (Wildman–Crippen MR) is 173 cm³/mol. The highest BCUT2D eigenvalue weighted by molar-refractivity contribution is 7.83. The van der Waals surface area contributed by atoms with Crippen molar-refractivity contribution in [3.05, 3.63) is 95.8 Å². The van der Waals surface area contributed by atoms with Gasteiger partial charge in [0.05, 0.1) is 41.4 Å². The molecule has 1 fully saturated rings. The van der Waals surface area contributed by atoms with Gasteiger partial charge >= 0.3 is 12.0 Å². The number of benzene rings is 3. The topological polar surface area (TPSA) is 136 Å².